The molecule has 1 N–H and O–H groups in total. The number of piperidine rings is 1. The molecule has 2 aliphatic heterocycles. The summed E-state index contributed by atoms with van der Waals surface area (Å²) in [6.45, 7) is 8.95. The zero-order chi connectivity index (χ0) is 12.8. The van der Waals surface area contributed by atoms with E-state index in [0.29, 0.717) is 12.1 Å². The van der Waals surface area contributed by atoms with Crippen molar-refractivity contribution < 1.29 is 4.74 Å². The van der Waals surface area contributed by atoms with E-state index in [4.69, 9.17) is 4.74 Å². The van der Waals surface area contributed by atoms with Crippen molar-refractivity contribution in [1.82, 2.24) is 10.2 Å². The van der Waals surface area contributed by atoms with Crippen molar-refractivity contribution in [3.05, 3.63) is 0 Å². The highest BCUT2D eigenvalue weighted by atomic mass is 16.5. The number of nitrogens with zero attached hydrogens (tertiary/aromatic N) is 1. The van der Waals surface area contributed by atoms with E-state index in [2.05, 4.69) is 24.1 Å². The Kier molecular flexibility index (Phi) is 5.93. The Morgan fingerprint density at radius 3 is 2.89 bits per heavy atom. The molecule has 3 atom stereocenters. The van der Waals surface area contributed by atoms with E-state index in [1.165, 1.54) is 45.1 Å². The first-order valence-electron chi connectivity index (χ1n) is 7.89. The largest absolute Gasteiger partial charge is 0.380 e. The standard InChI is InChI=1S/C15H30N2O/c1-3-9-16-13(2)15-8-4-5-10-17(15)14-7-6-11-18-12-14/h13-16H,3-12H2,1-2H3. The fourth-order valence-corrected chi connectivity index (χ4v) is 3.46. The summed E-state index contributed by atoms with van der Waals surface area (Å²) in [7, 11) is 0. The van der Waals surface area contributed by atoms with Crippen LogP contribution in [0.15, 0.2) is 0 Å². The quantitative estimate of drug-likeness (QED) is 0.815. The lowest BCUT2D eigenvalue weighted by Gasteiger charge is -2.45. The lowest BCUT2D eigenvalue weighted by atomic mass is 9.93. The van der Waals surface area contributed by atoms with E-state index in [1.807, 2.05) is 0 Å². The van der Waals surface area contributed by atoms with Crippen molar-refractivity contribution in [2.24, 2.45) is 0 Å². The maximum Gasteiger partial charge on any atom is 0.0621 e. The molecule has 2 saturated heterocycles. The molecule has 3 nitrogen and oxygen atoms in total. The minimum absolute atomic E-state index is 0.618. The highest BCUT2D eigenvalue weighted by molar-refractivity contribution is 4.89. The van der Waals surface area contributed by atoms with Crippen molar-refractivity contribution in [2.75, 3.05) is 26.3 Å². The Morgan fingerprint density at radius 2 is 2.17 bits per heavy atom. The van der Waals surface area contributed by atoms with Crippen LogP contribution >= 0.6 is 0 Å². The molecular weight excluding hydrogens is 224 g/mol. The van der Waals surface area contributed by atoms with Crippen LogP contribution in [0.4, 0.5) is 0 Å². The summed E-state index contributed by atoms with van der Waals surface area (Å²) in [5, 5.41) is 3.69. The third-order valence-corrected chi connectivity index (χ3v) is 4.49. The summed E-state index contributed by atoms with van der Waals surface area (Å²) in [5.41, 5.74) is 0. The Balaban J connectivity index is 1.91. The molecule has 0 radical (unpaired) electrons. The molecular formula is C15H30N2O. The molecule has 2 fully saturated rings. The van der Waals surface area contributed by atoms with Gasteiger partial charge in [-0.1, -0.05) is 13.3 Å². The predicted octanol–water partition coefficient (Wildman–Crippen LogP) is 2.41. The zero-order valence-electron chi connectivity index (χ0n) is 12.2. The Morgan fingerprint density at radius 1 is 1.28 bits per heavy atom. The molecule has 0 spiro atoms. The minimum atomic E-state index is 0.618. The first kappa shape index (κ1) is 14.3. The average molecular weight is 254 g/mol. The van der Waals surface area contributed by atoms with Crippen LogP contribution in [0, 0.1) is 0 Å². The van der Waals surface area contributed by atoms with Gasteiger partial charge in [0.2, 0.25) is 0 Å². The molecule has 3 heteroatoms. The normalized spacial score (nSPS) is 32.3. The predicted molar refractivity (Wildman–Crippen MR) is 75.9 cm³/mol. The van der Waals surface area contributed by atoms with Crippen molar-refractivity contribution in [3.63, 3.8) is 0 Å². The molecule has 0 aromatic rings. The third kappa shape index (κ3) is 3.69. The number of rotatable bonds is 5. The first-order chi connectivity index (χ1) is 8.83. The molecule has 0 saturated carbocycles. The van der Waals surface area contributed by atoms with Gasteiger partial charge in [-0.2, -0.15) is 0 Å². The first-order valence-corrected chi connectivity index (χ1v) is 7.89. The van der Waals surface area contributed by atoms with Gasteiger partial charge in [0.25, 0.3) is 0 Å². The Hall–Kier alpha value is -0.120. The second-order valence-electron chi connectivity index (χ2n) is 5.91. The number of ether oxygens (including phenoxy) is 1. The number of nitrogens with one attached hydrogen (secondary N) is 1. The lowest BCUT2D eigenvalue weighted by Crippen LogP contribution is -2.56. The number of hydrogen-bond donors (Lipinski definition) is 1. The molecule has 106 valence electrons. The van der Waals surface area contributed by atoms with Gasteiger partial charge in [0.05, 0.1) is 6.61 Å². The molecule has 0 amide bonds. The smallest absolute Gasteiger partial charge is 0.0621 e. The van der Waals surface area contributed by atoms with Crippen molar-refractivity contribution in [3.8, 4) is 0 Å². The fraction of sp³-hybridized carbons (Fsp3) is 1.00. The number of hydrogen-bond acceptors (Lipinski definition) is 3. The highest BCUT2D eigenvalue weighted by Crippen LogP contribution is 2.25. The molecule has 0 aliphatic carbocycles. The van der Waals surface area contributed by atoms with Crippen LogP contribution in [-0.2, 0) is 4.74 Å². The van der Waals surface area contributed by atoms with Crippen LogP contribution in [0.5, 0.6) is 0 Å². The summed E-state index contributed by atoms with van der Waals surface area (Å²) in [4.78, 5) is 2.75. The van der Waals surface area contributed by atoms with Crippen LogP contribution in [0.2, 0.25) is 0 Å². The lowest BCUT2D eigenvalue weighted by molar-refractivity contribution is -0.0184. The van der Waals surface area contributed by atoms with Gasteiger partial charge in [0, 0.05) is 24.7 Å². The van der Waals surface area contributed by atoms with Crippen LogP contribution in [0.25, 0.3) is 0 Å². The van der Waals surface area contributed by atoms with Gasteiger partial charge < -0.3 is 10.1 Å². The van der Waals surface area contributed by atoms with Crippen molar-refractivity contribution >= 4 is 0 Å². The second kappa shape index (κ2) is 7.46. The van der Waals surface area contributed by atoms with Gasteiger partial charge >= 0.3 is 0 Å². The van der Waals surface area contributed by atoms with E-state index >= 15 is 0 Å². The minimum Gasteiger partial charge on any atom is -0.380 e. The molecule has 2 rings (SSSR count). The van der Waals surface area contributed by atoms with Crippen molar-refractivity contribution in [2.45, 2.75) is 70.5 Å². The zero-order valence-corrected chi connectivity index (χ0v) is 12.2. The van der Waals surface area contributed by atoms with Gasteiger partial charge in [-0.25, -0.2) is 0 Å². The van der Waals surface area contributed by atoms with Crippen LogP contribution in [-0.4, -0.2) is 49.3 Å². The average Bonchev–Trinajstić information content (AvgIpc) is 2.45. The topological polar surface area (TPSA) is 24.5 Å². The molecule has 2 aliphatic rings. The maximum absolute atomic E-state index is 5.68. The summed E-state index contributed by atoms with van der Waals surface area (Å²) in [5.74, 6) is 0. The SMILES string of the molecule is CCCNC(C)C1CCCCN1C1CCCOC1. The highest BCUT2D eigenvalue weighted by Gasteiger charge is 2.32. The van der Waals surface area contributed by atoms with Gasteiger partial charge in [-0.3, -0.25) is 4.90 Å². The van der Waals surface area contributed by atoms with Gasteiger partial charge in [-0.15, -0.1) is 0 Å². The fourth-order valence-electron chi connectivity index (χ4n) is 3.46. The molecule has 3 unspecified atom stereocenters. The maximum atomic E-state index is 5.68. The van der Waals surface area contributed by atoms with E-state index < -0.39 is 0 Å². The monoisotopic (exact) mass is 254 g/mol. The van der Waals surface area contributed by atoms with E-state index in [1.54, 1.807) is 0 Å². The van der Waals surface area contributed by atoms with Gasteiger partial charge in [0.1, 0.15) is 0 Å². The van der Waals surface area contributed by atoms with Crippen molar-refractivity contribution in [1.29, 1.82) is 0 Å². The summed E-state index contributed by atoms with van der Waals surface area (Å²) in [6.07, 6.45) is 7.92. The molecule has 0 aromatic carbocycles. The van der Waals surface area contributed by atoms with E-state index in [-0.39, 0.29) is 0 Å². The number of likely N-dealkylation sites (tertiary alicyclic amines) is 1. The summed E-state index contributed by atoms with van der Waals surface area (Å²) < 4.78 is 5.68. The second-order valence-corrected chi connectivity index (χ2v) is 5.91. The Bertz CT molecular complexity index is 229. The summed E-state index contributed by atoms with van der Waals surface area (Å²) >= 11 is 0. The van der Waals surface area contributed by atoms with Gasteiger partial charge in [-0.05, 0) is 52.1 Å². The molecule has 0 aromatic heterocycles. The summed E-state index contributed by atoms with van der Waals surface area (Å²) in [6, 6.07) is 2.01. The van der Waals surface area contributed by atoms with Crippen LogP contribution < -0.4 is 5.32 Å². The molecule has 18 heavy (non-hydrogen) atoms. The molecule has 0 bridgehead atoms. The van der Waals surface area contributed by atoms with E-state index in [9.17, 15) is 0 Å². The molecule has 2 heterocycles. The van der Waals surface area contributed by atoms with Crippen LogP contribution in [0.3, 0.4) is 0 Å². The van der Waals surface area contributed by atoms with Crippen LogP contribution in [0.1, 0.15) is 52.4 Å². The van der Waals surface area contributed by atoms with E-state index in [0.717, 1.165) is 25.8 Å². The Labute approximate surface area is 112 Å². The van der Waals surface area contributed by atoms with Gasteiger partial charge in [0.15, 0.2) is 0 Å². The third-order valence-electron chi connectivity index (χ3n) is 4.49.